The normalized spacial score (nSPS) is 11.5. The Bertz CT molecular complexity index is 716. The van der Waals surface area contributed by atoms with E-state index in [0.29, 0.717) is 15.1 Å². The minimum atomic E-state index is -3.50. The van der Waals surface area contributed by atoms with Crippen LogP contribution in [0.4, 0.5) is 5.69 Å². The summed E-state index contributed by atoms with van der Waals surface area (Å²) in [5, 5.41) is 0.509. The summed E-state index contributed by atoms with van der Waals surface area (Å²) in [7, 11) is -3.50. The number of anilines is 1. The van der Waals surface area contributed by atoms with Gasteiger partial charge in [0.2, 0.25) is 0 Å². The van der Waals surface area contributed by atoms with Gasteiger partial charge in [0, 0.05) is 9.50 Å². The molecule has 6 heteroatoms. The predicted molar refractivity (Wildman–Crippen MR) is 80.9 cm³/mol. The number of benzene rings is 2. The summed E-state index contributed by atoms with van der Waals surface area (Å²) >= 11 is 9.09. The Kier molecular flexibility index (Phi) is 4.18. The van der Waals surface area contributed by atoms with Crippen molar-refractivity contribution in [3.63, 3.8) is 0 Å². The second kappa shape index (κ2) is 5.53. The number of hydrogen-bond acceptors (Lipinski definition) is 3. The van der Waals surface area contributed by atoms with Gasteiger partial charge in [0.25, 0.3) is 0 Å². The third kappa shape index (κ3) is 3.49. The van der Waals surface area contributed by atoms with Gasteiger partial charge in [-0.25, -0.2) is 8.42 Å². The molecule has 19 heavy (non-hydrogen) atoms. The van der Waals surface area contributed by atoms with Gasteiger partial charge in [0.1, 0.15) is 0 Å². The van der Waals surface area contributed by atoms with Crippen LogP contribution in [0.5, 0.6) is 0 Å². The molecule has 0 saturated heterocycles. The van der Waals surface area contributed by atoms with Crippen molar-refractivity contribution in [1.82, 2.24) is 0 Å². The Morgan fingerprint density at radius 3 is 2.58 bits per heavy atom. The summed E-state index contributed by atoms with van der Waals surface area (Å²) in [4.78, 5) is 0.127. The zero-order chi connectivity index (χ0) is 14.0. The second-order valence-electron chi connectivity index (χ2n) is 4.07. The molecule has 0 aromatic heterocycles. The number of hydrogen-bond donors (Lipinski definition) is 1. The second-order valence-corrected chi connectivity index (χ2v) is 7.38. The van der Waals surface area contributed by atoms with E-state index >= 15 is 0 Å². The lowest BCUT2D eigenvalue weighted by atomic mass is 10.2. The molecule has 0 aliphatic carbocycles. The van der Waals surface area contributed by atoms with E-state index in [4.69, 9.17) is 17.3 Å². The lowest BCUT2D eigenvalue weighted by Gasteiger charge is -2.08. The van der Waals surface area contributed by atoms with Crippen LogP contribution in [0.25, 0.3) is 0 Å². The van der Waals surface area contributed by atoms with E-state index in [1.54, 1.807) is 36.4 Å². The molecule has 0 aliphatic heterocycles. The van der Waals surface area contributed by atoms with Crippen molar-refractivity contribution in [2.24, 2.45) is 0 Å². The Labute approximate surface area is 125 Å². The highest BCUT2D eigenvalue weighted by Crippen LogP contribution is 2.26. The molecule has 2 aromatic rings. The predicted octanol–water partition coefficient (Wildman–Crippen LogP) is 3.66. The van der Waals surface area contributed by atoms with Crippen molar-refractivity contribution in [2.45, 2.75) is 10.6 Å². The molecule has 0 saturated carbocycles. The van der Waals surface area contributed by atoms with Crippen LogP contribution < -0.4 is 5.73 Å². The maximum atomic E-state index is 12.3. The molecule has 0 bridgehead atoms. The Morgan fingerprint density at radius 2 is 1.89 bits per heavy atom. The third-order valence-electron chi connectivity index (χ3n) is 2.56. The van der Waals surface area contributed by atoms with Crippen molar-refractivity contribution in [2.75, 3.05) is 5.73 Å². The molecule has 2 aromatic carbocycles. The van der Waals surface area contributed by atoms with Gasteiger partial charge in [-0.15, -0.1) is 0 Å². The monoisotopic (exact) mass is 359 g/mol. The van der Waals surface area contributed by atoms with Crippen molar-refractivity contribution in [3.8, 4) is 0 Å². The van der Waals surface area contributed by atoms with E-state index in [2.05, 4.69) is 15.9 Å². The van der Waals surface area contributed by atoms with Gasteiger partial charge in [-0.05, 0) is 35.9 Å². The minimum Gasteiger partial charge on any atom is -0.398 e. The summed E-state index contributed by atoms with van der Waals surface area (Å²) in [5.41, 5.74) is 6.61. The average Bonchev–Trinajstić information content (AvgIpc) is 2.31. The summed E-state index contributed by atoms with van der Waals surface area (Å²) in [5.74, 6) is -0.131. The quantitative estimate of drug-likeness (QED) is 0.850. The van der Waals surface area contributed by atoms with Gasteiger partial charge in [-0.3, -0.25) is 0 Å². The van der Waals surface area contributed by atoms with E-state index in [-0.39, 0.29) is 16.3 Å². The molecule has 0 unspecified atom stereocenters. The van der Waals surface area contributed by atoms with Gasteiger partial charge in [-0.1, -0.05) is 39.7 Å². The molecule has 0 atom stereocenters. The maximum Gasteiger partial charge on any atom is 0.184 e. The van der Waals surface area contributed by atoms with Crippen LogP contribution in [0.2, 0.25) is 5.02 Å². The SMILES string of the molecule is Nc1ccc(Br)cc1S(=O)(=O)Cc1cccc(Cl)c1. The minimum absolute atomic E-state index is 0.127. The van der Waals surface area contributed by atoms with Crippen molar-refractivity contribution >= 4 is 43.1 Å². The van der Waals surface area contributed by atoms with E-state index in [1.807, 2.05) is 0 Å². The molecule has 0 amide bonds. The highest BCUT2D eigenvalue weighted by Gasteiger charge is 2.18. The van der Waals surface area contributed by atoms with Gasteiger partial charge in [0.15, 0.2) is 9.84 Å². The molecule has 0 spiro atoms. The number of nitrogen functional groups attached to an aromatic ring is 1. The first-order valence-electron chi connectivity index (χ1n) is 5.41. The molecular weight excluding hydrogens is 350 g/mol. The van der Waals surface area contributed by atoms with Gasteiger partial charge < -0.3 is 5.73 Å². The molecule has 100 valence electrons. The van der Waals surface area contributed by atoms with Crippen LogP contribution in [0.15, 0.2) is 51.8 Å². The first-order valence-corrected chi connectivity index (χ1v) is 8.23. The van der Waals surface area contributed by atoms with Crippen LogP contribution in [0.3, 0.4) is 0 Å². The van der Waals surface area contributed by atoms with Crippen molar-refractivity contribution in [1.29, 1.82) is 0 Å². The van der Waals surface area contributed by atoms with Crippen LogP contribution in [-0.2, 0) is 15.6 Å². The fraction of sp³-hybridized carbons (Fsp3) is 0.0769. The lowest BCUT2D eigenvalue weighted by Crippen LogP contribution is -2.08. The highest BCUT2D eigenvalue weighted by atomic mass is 79.9. The zero-order valence-corrected chi connectivity index (χ0v) is 13.0. The maximum absolute atomic E-state index is 12.3. The molecule has 0 heterocycles. The molecule has 0 radical (unpaired) electrons. The van der Waals surface area contributed by atoms with E-state index < -0.39 is 9.84 Å². The Morgan fingerprint density at radius 1 is 1.16 bits per heavy atom. The number of rotatable bonds is 3. The van der Waals surface area contributed by atoms with Gasteiger partial charge in [0.05, 0.1) is 16.3 Å². The first kappa shape index (κ1) is 14.4. The van der Waals surface area contributed by atoms with Crippen LogP contribution >= 0.6 is 27.5 Å². The lowest BCUT2D eigenvalue weighted by molar-refractivity contribution is 0.595. The van der Waals surface area contributed by atoms with E-state index in [0.717, 1.165) is 0 Å². The highest BCUT2D eigenvalue weighted by molar-refractivity contribution is 9.10. The average molecular weight is 361 g/mol. The van der Waals surface area contributed by atoms with Crippen LogP contribution in [0.1, 0.15) is 5.56 Å². The molecule has 0 aliphatic rings. The van der Waals surface area contributed by atoms with Gasteiger partial charge in [-0.2, -0.15) is 0 Å². The number of nitrogens with two attached hydrogens (primary N) is 1. The smallest absolute Gasteiger partial charge is 0.184 e. The van der Waals surface area contributed by atoms with Crippen molar-refractivity contribution < 1.29 is 8.42 Å². The summed E-state index contributed by atoms with van der Waals surface area (Å²) < 4.78 is 25.4. The van der Waals surface area contributed by atoms with Crippen LogP contribution in [-0.4, -0.2) is 8.42 Å². The fourth-order valence-corrected chi connectivity index (χ4v) is 3.93. The molecule has 2 N–H and O–H groups in total. The van der Waals surface area contributed by atoms with E-state index in [1.165, 1.54) is 6.07 Å². The summed E-state index contributed by atoms with van der Waals surface area (Å²) in [6.45, 7) is 0. The number of sulfone groups is 1. The number of halogens is 2. The van der Waals surface area contributed by atoms with Crippen molar-refractivity contribution in [3.05, 3.63) is 57.5 Å². The topological polar surface area (TPSA) is 60.2 Å². The Hall–Kier alpha value is -1.04. The molecule has 0 fully saturated rings. The van der Waals surface area contributed by atoms with Crippen LogP contribution in [0, 0.1) is 0 Å². The first-order chi connectivity index (χ1) is 8.88. The fourth-order valence-electron chi connectivity index (χ4n) is 1.70. The molecule has 3 nitrogen and oxygen atoms in total. The zero-order valence-electron chi connectivity index (χ0n) is 9.81. The standard InChI is InChI=1S/C13H11BrClNO2S/c14-10-4-5-12(16)13(7-10)19(17,18)8-9-2-1-3-11(15)6-9/h1-7H,8,16H2. The Balaban J connectivity index is 2.40. The molecule has 2 rings (SSSR count). The molecular formula is C13H11BrClNO2S. The summed E-state index contributed by atoms with van der Waals surface area (Å²) in [6.07, 6.45) is 0. The van der Waals surface area contributed by atoms with E-state index in [9.17, 15) is 8.42 Å². The summed E-state index contributed by atoms with van der Waals surface area (Å²) in [6, 6.07) is 11.5. The largest absolute Gasteiger partial charge is 0.398 e. The third-order valence-corrected chi connectivity index (χ3v) is 5.02. The van der Waals surface area contributed by atoms with Gasteiger partial charge >= 0.3 is 0 Å².